The van der Waals surface area contributed by atoms with Gasteiger partial charge in [-0.25, -0.2) is 4.79 Å². The van der Waals surface area contributed by atoms with E-state index in [2.05, 4.69) is 15.0 Å². The van der Waals surface area contributed by atoms with E-state index in [-0.39, 0.29) is 11.5 Å². The third-order valence-electron chi connectivity index (χ3n) is 2.02. The van der Waals surface area contributed by atoms with Gasteiger partial charge in [-0.1, -0.05) is 17.7 Å². The van der Waals surface area contributed by atoms with E-state index in [1.165, 1.54) is 14.0 Å². The van der Waals surface area contributed by atoms with Crippen molar-refractivity contribution in [2.75, 3.05) is 7.11 Å². The van der Waals surface area contributed by atoms with Gasteiger partial charge in [0.05, 0.1) is 12.8 Å². The van der Waals surface area contributed by atoms with Gasteiger partial charge in [0, 0.05) is 0 Å². The number of rotatable bonds is 3. The molecule has 17 heavy (non-hydrogen) atoms. The highest BCUT2D eigenvalue weighted by Gasteiger charge is 2.12. The summed E-state index contributed by atoms with van der Waals surface area (Å²) in [6.45, 7) is 3.30. The molecule has 0 aliphatic rings. The molecule has 0 aliphatic heterocycles. The Hall–Kier alpha value is -2.17. The smallest absolute Gasteiger partial charge is 0.362 e. The molecule has 0 bridgehead atoms. The highest BCUT2D eigenvalue weighted by atomic mass is 16.5. The van der Waals surface area contributed by atoms with Crippen LogP contribution < -0.4 is 0 Å². The summed E-state index contributed by atoms with van der Waals surface area (Å²) < 4.78 is 4.47. The molecular weight excluding hydrogens is 220 g/mol. The molecule has 1 rings (SSSR count). The fourth-order valence-corrected chi connectivity index (χ4v) is 1.08. The maximum Gasteiger partial charge on any atom is 0.362 e. The summed E-state index contributed by atoms with van der Waals surface area (Å²) in [5.41, 5.74) is 1.50. The lowest BCUT2D eigenvalue weighted by molar-refractivity contribution is -0.136. The summed E-state index contributed by atoms with van der Waals surface area (Å²) >= 11 is 0. The number of aliphatic hydroxyl groups excluding tert-OH is 1. The second-order valence-electron chi connectivity index (χ2n) is 3.46. The molecule has 0 unspecified atom stereocenters. The third kappa shape index (κ3) is 3.71. The summed E-state index contributed by atoms with van der Waals surface area (Å²) in [6.07, 6.45) is 0. The number of ether oxygens (including phenoxy) is 1. The Morgan fingerprint density at radius 2 is 1.88 bits per heavy atom. The van der Waals surface area contributed by atoms with Gasteiger partial charge in [0.25, 0.3) is 0 Å². The van der Waals surface area contributed by atoms with Gasteiger partial charge in [-0.15, -0.1) is 5.11 Å². The minimum atomic E-state index is -0.721. The molecule has 0 fully saturated rings. The van der Waals surface area contributed by atoms with Crippen LogP contribution in [0.15, 0.2) is 46.0 Å². The lowest BCUT2D eigenvalue weighted by Crippen LogP contribution is -2.04. The minimum absolute atomic E-state index is 0.201. The SMILES string of the molecule is COC(=O)/C(N=Nc1ccc(C)cc1)=C(/C)O. The van der Waals surface area contributed by atoms with E-state index in [1.807, 2.05) is 19.1 Å². The van der Waals surface area contributed by atoms with Gasteiger partial charge in [0.1, 0.15) is 5.76 Å². The molecule has 1 aromatic rings. The second-order valence-corrected chi connectivity index (χ2v) is 3.46. The van der Waals surface area contributed by atoms with Crippen LogP contribution in [0.4, 0.5) is 5.69 Å². The number of methoxy groups -OCH3 is 1. The Kier molecular flexibility index (Phi) is 4.39. The first-order chi connectivity index (χ1) is 8.04. The van der Waals surface area contributed by atoms with Crippen molar-refractivity contribution in [3.05, 3.63) is 41.3 Å². The predicted octanol–water partition coefficient (Wildman–Crippen LogP) is 3.04. The molecule has 1 aromatic carbocycles. The Morgan fingerprint density at radius 1 is 1.29 bits per heavy atom. The van der Waals surface area contributed by atoms with E-state index >= 15 is 0 Å². The lowest BCUT2D eigenvalue weighted by atomic mass is 10.2. The van der Waals surface area contributed by atoms with E-state index in [0.717, 1.165) is 5.56 Å². The van der Waals surface area contributed by atoms with Crippen LogP contribution in [-0.4, -0.2) is 18.2 Å². The van der Waals surface area contributed by atoms with Crippen molar-refractivity contribution in [3.8, 4) is 0 Å². The van der Waals surface area contributed by atoms with Crippen molar-refractivity contribution in [2.24, 2.45) is 10.2 Å². The molecular formula is C12H14N2O3. The number of hydrogen-bond donors (Lipinski definition) is 1. The first-order valence-electron chi connectivity index (χ1n) is 5.01. The molecule has 5 heteroatoms. The van der Waals surface area contributed by atoms with Gasteiger partial charge in [-0.3, -0.25) is 0 Å². The Balaban J connectivity index is 2.92. The average Bonchev–Trinajstić information content (AvgIpc) is 2.31. The maximum absolute atomic E-state index is 11.2. The average molecular weight is 234 g/mol. The number of azo groups is 1. The minimum Gasteiger partial charge on any atom is -0.510 e. The number of hydrogen-bond acceptors (Lipinski definition) is 5. The predicted molar refractivity (Wildman–Crippen MR) is 63.0 cm³/mol. The summed E-state index contributed by atoms with van der Waals surface area (Å²) in [5.74, 6) is -0.950. The van der Waals surface area contributed by atoms with Crippen LogP contribution in [0.25, 0.3) is 0 Å². The van der Waals surface area contributed by atoms with E-state index in [1.54, 1.807) is 12.1 Å². The molecule has 0 aromatic heterocycles. The zero-order valence-corrected chi connectivity index (χ0v) is 9.97. The van der Waals surface area contributed by atoms with Crippen LogP contribution in [-0.2, 0) is 9.53 Å². The molecule has 1 N–H and O–H groups in total. The molecule has 0 atom stereocenters. The first-order valence-corrected chi connectivity index (χ1v) is 5.01. The van der Waals surface area contributed by atoms with Gasteiger partial charge in [0.15, 0.2) is 0 Å². The lowest BCUT2D eigenvalue weighted by Gasteiger charge is -1.99. The van der Waals surface area contributed by atoms with Crippen LogP contribution in [0.5, 0.6) is 0 Å². The van der Waals surface area contributed by atoms with Crippen molar-refractivity contribution in [2.45, 2.75) is 13.8 Å². The van der Waals surface area contributed by atoms with Crippen molar-refractivity contribution in [1.29, 1.82) is 0 Å². The molecule has 90 valence electrons. The largest absolute Gasteiger partial charge is 0.510 e. The number of allylic oxidation sites excluding steroid dienone is 1. The van der Waals surface area contributed by atoms with Crippen molar-refractivity contribution >= 4 is 11.7 Å². The monoisotopic (exact) mass is 234 g/mol. The van der Waals surface area contributed by atoms with Gasteiger partial charge < -0.3 is 9.84 Å². The topological polar surface area (TPSA) is 71.2 Å². The summed E-state index contributed by atoms with van der Waals surface area (Å²) in [7, 11) is 1.21. The maximum atomic E-state index is 11.2. The standard InChI is InChI=1S/C12H14N2O3/c1-8-4-6-10(7-5-8)13-14-11(9(2)15)12(16)17-3/h4-7,15H,1-3H3/b11-9+,14-13?. The fourth-order valence-electron chi connectivity index (χ4n) is 1.08. The van der Waals surface area contributed by atoms with Crippen LogP contribution in [0.2, 0.25) is 0 Å². The molecule has 0 saturated heterocycles. The number of nitrogens with zero attached hydrogens (tertiary/aromatic N) is 2. The molecule has 0 radical (unpaired) electrons. The summed E-state index contributed by atoms with van der Waals surface area (Å²) in [4.78, 5) is 11.2. The van der Waals surface area contributed by atoms with E-state index < -0.39 is 5.97 Å². The van der Waals surface area contributed by atoms with Crippen molar-refractivity contribution < 1.29 is 14.6 Å². The van der Waals surface area contributed by atoms with E-state index in [9.17, 15) is 9.90 Å². The van der Waals surface area contributed by atoms with Gasteiger partial charge in [0.2, 0.25) is 5.70 Å². The first kappa shape index (κ1) is 12.9. The van der Waals surface area contributed by atoms with E-state index in [4.69, 9.17) is 0 Å². The zero-order valence-electron chi connectivity index (χ0n) is 9.97. The van der Waals surface area contributed by atoms with E-state index in [0.29, 0.717) is 5.69 Å². The quantitative estimate of drug-likeness (QED) is 0.378. The molecule has 0 heterocycles. The summed E-state index contributed by atoms with van der Waals surface area (Å²) in [6, 6.07) is 7.28. The number of carbonyl (C=O) groups excluding carboxylic acids is 1. The normalized spacial score (nSPS) is 12.4. The summed E-state index contributed by atoms with van der Waals surface area (Å²) in [5, 5.41) is 16.8. The number of carbonyl (C=O) groups is 1. The molecule has 5 nitrogen and oxygen atoms in total. The van der Waals surface area contributed by atoms with Crippen molar-refractivity contribution in [3.63, 3.8) is 0 Å². The van der Waals surface area contributed by atoms with Crippen LogP contribution in [0.1, 0.15) is 12.5 Å². The van der Waals surface area contributed by atoms with Crippen molar-refractivity contribution in [1.82, 2.24) is 0 Å². The Labute approximate surface area is 99.4 Å². The van der Waals surface area contributed by atoms with Gasteiger partial charge in [-0.05, 0) is 26.0 Å². The van der Waals surface area contributed by atoms with Crippen LogP contribution in [0, 0.1) is 6.92 Å². The number of benzene rings is 1. The molecule has 0 aliphatic carbocycles. The highest BCUT2D eigenvalue weighted by molar-refractivity contribution is 5.88. The zero-order chi connectivity index (χ0) is 12.8. The Bertz CT molecular complexity index is 457. The molecule has 0 spiro atoms. The number of esters is 1. The highest BCUT2D eigenvalue weighted by Crippen LogP contribution is 2.15. The Morgan fingerprint density at radius 3 is 2.35 bits per heavy atom. The fraction of sp³-hybridized carbons (Fsp3) is 0.250. The number of aliphatic hydroxyl groups is 1. The van der Waals surface area contributed by atoms with Crippen LogP contribution in [0.3, 0.4) is 0 Å². The number of aryl methyl sites for hydroxylation is 1. The van der Waals surface area contributed by atoms with Gasteiger partial charge >= 0.3 is 5.97 Å². The molecule has 0 saturated carbocycles. The third-order valence-corrected chi connectivity index (χ3v) is 2.02. The van der Waals surface area contributed by atoms with Gasteiger partial charge in [-0.2, -0.15) is 5.11 Å². The van der Waals surface area contributed by atoms with Crippen LogP contribution >= 0.6 is 0 Å². The second kappa shape index (κ2) is 5.79. The molecule has 0 amide bonds.